The summed E-state index contributed by atoms with van der Waals surface area (Å²) in [5.41, 5.74) is 1.29. The van der Waals surface area contributed by atoms with Crippen LogP contribution in [-0.2, 0) is 6.54 Å². The summed E-state index contributed by atoms with van der Waals surface area (Å²) in [7, 11) is 0. The molecule has 0 atom stereocenters. The standard InChI is InChI=1S/C16H21N3/c1-2-17-11-13-12-18-16(19-9-5-6-10-19)15-8-4-3-7-14(13)15/h3-4,7-8,12,17H,2,5-6,9-11H2,1H3. The van der Waals surface area contributed by atoms with E-state index in [2.05, 4.69) is 41.4 Å². The second-order valence-corrected chi connectivity index (χ2v) is 5.13. The Kier molecular flexibility index (Phi) is 3.65. The summed E-state index contributed by atoms with van der Waals surface area (Å²) in [6.07, 6.45) is 4.61. The normalized spacial score (nSPS) is 15.3. The second-order valence-electron chi connectivity index (χ2n) is 5.13. The highest BCUT2D eigenvalue weighted by molar-refractivity contribution is 5.94. The van der Waals surface area contributed by atoms with E-state index in [1.54, 1.807) is 0 Å². The van der Waals surface area contributed by atoms with E-state index in [1.807, 2.05) is 6.20 Å². The van der Waals surface area contributed by atoms with E-state index in [0.717, 1.165) is 32.0 Å². The summed E-state index contributed by atoms with van der Waals surface area (Å²) in [6, 6.07) is 8.64. The summed E-state index contributed by atoms with van der Waals surface area (Å²) >= 11 is 0. The van der Waals surface area contributed by atoms with Crippen molar-refractivity contribution in [2.24, 2.45) is 0 Å². The van der Waals surface area contributed by atoms with Gasteiger partial charge in [-0.05, 0) is 30.3 Å². The molecule has 0 aliphatic carbocycles. The van der Waals surface area contributed by atoms with E-state index in [-0.39, 0.29) is 0 Å². The van der Waals surface area contributed by atoms with Gasteiger partial charge in [0, 0.05) is 31.2 Å². The first-order valence-electron chi connectivity index (χ1n) is 7.22. The fraction of sp³-hybridized carbons (Fsp3) is 0.438. The van der Waals surface area contributed by atoms with Crippen molar-refractivity contribution in [3.05, 3.63) is 36.0 Å². The number of nitrogens with one attached hydrogen (secondary N) is 1. The van der Waals surface area contributed by atoms with Gasteiger partial charge in [0.2, 0.25) is 0 Å². The molecule has 1 aliphatic rings. The van der Waals surface area contributed by atoms with Gasteiger partial charge in [0.25, 0.3) is 0 Å². The Hall–Kier alpha value is -1.61. The smallest absolute Gasteiger partial charge is 0.136 e. The zero-order valence-electron chi connectivity index (χ0n) is 11.5. The lowest BCUT2D eigenvalue weighted by Gasteiger charge is -2.19. The molecule has 100 valence electrons. The molecule has 0 bridgehead atoms. The molecule has 0 unspecified atom stereocenters. The number of aromatic nitrogens is 1. The van der Waals surface area contributed by atoms with E-state index < -0.39 is 0 Å². The number of pyridine rings is 1. The van der Waals surface area contributed by atoms with Gasteiger partial charge in [-0.3, -0.25) is 0 Å². The minimum absolute atomic E-state index is 0.893. The van der Waals surface area contributed by atoms with Gasteiger partial charge >= 0.3 is 0 Å². The van der Waals surface area contributed by atoms with Gasteiger partial charge in [0.05, 0.1) is 0 Å². The molecular formula is C16H21N3. The molecule has 2 heterocycles. The predicted molar refractivity (Wildman–Crippen MR) is 80.6 cm³/mol. The SMILES string of the molecule is CCNCc1cnc(N2CCCC2)c2ccccc12. The molecule has 1 aromatic heterocycles. The Morgan fingerprint density at radius 2 is 1.89 bits per heavy atom. The number of rotatable bonds is 4. The van der Waals surface area contributed by atoms with E-state index in [4.69, 9.17) is 4.98 Å². The zero-order valence-corrected chi connectivity index (χ0v) is 11.5. The Morgan fingerprint density at radius 1 is 1.16 bits per heavy atom. The molecule has 0 spiro atoms. The summed E-state index contributed by atoms with van der Waals surface area (Å²) < 4.78 is 0. The van der Waals surface area contributed by atoms with Gasteiger partial charge < -0.3 is 10.2 Å². The van der Waals surface area contributed by atoms with Crippen molar-refractivity contribution in [2.75, 3.05) is 24.5 Å². The lowest BCUT2D eigenvalue weighted by molar-refractivity contribution is 0.728. The Balaban J connectivity index is 2.05. The molecule has 2 aromatic rings. The van der Waals surface area contributed by atoms with Crippen molar-refractivity contribution in [2.45, 2.75) is 26.3 Å². The minimum Gasteiger partial charge on any atom is -0.356 e. The van der Waals surface area contributed by atoms with Gasteiger partial charge in [0.15, 0.2) is 0 Å². The van der Waals surface area contributed by atoms with E-state index in [0.29, 0.717) is 0 Å². The van der Waals surface area contributed by atoms with Crippen molar-refractivity contribution in [3.8, 4) is 0 Å². The van der Waals surface area contributed by atoms with Crippen LogP contribution in [-0.4, -0.2) is 24.6 Å². The van der Waals surface area contributed by atoms with Crippen molar-refractivity contribution in [3.63, 3.8) is 0 Å². The largest absolute Gasteiger partial charge is 0.356 e. The van der Waals surface area contributed by atoms with Crippen molar-refractivity contribution in [1.82, 2.24) is 10.3 Å². The van der Waals surface area contributed by atoms with Crippen LogP contribution in [0.15, 0.2) is 30.5 Å². The zero-order chi connectivity index (χ0) is 13.1. The lowest BCUT2D eigenvalue weighted by atomic mass is 10.1. The van der Waals surface area contributed by atoms with Gasteiger partial charge in [-0.25, -0.2) is 4.98 Å². The van der Waals surface area contributed by atoms with Crippen LogP contribution < -0.4 is 10.2 Å². The van der Waals surface area contributed by atoms with Gasteiger partial charge in [-0.2, -0.15) is 0 Å². The third-order valence-corrected chi connectivity index (χ3v) is 3.83. The Labute approximate surface area is 114 Å². The van der Waals surface area contributed by atoms with Crippen LogP contribution in [0.25, 0.3) is 10.8 Å². The fourth-order valence-corrected chi connectivity index (χ4v) is 2.82. The average Bonchev–Trinajstić information content (AvgIpc) is 2.98. The summed E-state index contributed by atoms with van der Waals surface area (Å²) in [5, 5.41) is 6.02. The molecule has 1 fully saturated rings. The molecule has 3 rings (SSSR count). The average molecular weight is 255 g/mol. The number of fused-ring (bicyclic) bond motifs is 1. The third kappa shape index (κ3) is 2.43. The van der Waals surface area contributed by atoms with Crippen LogP contribution in [0.2, 0.25) is 0 Å². The molecule has 3 nitrogen and oxygen atoms in total. The number of benzene rings is 1. The second kappa shape index (κ2) is 5.57. The van der Waals surface area contributed by atoms with Crippen molar-refractivity contribution < 1.29 is 0 Å². The topological polar surface area (TPSA) is 28.2 Å². The number of anilines is 1. The minimum atomic E-state index is 0.893. The molecule has 0 radical (unpaired) electrons. The van der Waals surface area contributed by atoms with E-state index in [1.165, 1.54) is 29.2 Å². The summed E-state index contributed by atoms with van der Waals surface area (Å²) in [4.78, 5) is 7.14. The lowest BCUT2D eigenvalue weighted by Crippen LogP contribution is -2.20. The Bertz CT molecular complexity index is 559. The van der Waals surface area contributed by atoms with Gasteiger partial charge in [-0.15, -0.1) is 0 Å². The maximum Gasteiger partial charge on any atom is 0.136 e. The third-order valence-electron chi connectivity index (χ3n) is 3.83. The molecule has 1 N–H and O–H groups in total. The van der Waals surface area contributed by atoms with Crippen LogP contribution in [0, 0.1) is 0 Å². The summed E-state index contributed by atoms with van der Waals surface area (Å²) in [6.45, 7) is 6.30. The number of hydrogen-bond donors (Lipinski definition) is 1. The van der Waals surface area contributed by atoms with Crippen LogP contribution in [0.3, 0.4) is 0 Å². The number of nitrogens with zero attached hydrogens (tertiary/aromatic N) is 2. The first-order valence-corrected chi connectivity index (χ1v) is 7.22. The number of hydrogen-bond acceptors (Lipinski definition) is 3. The molecule has 0 amide bonds. The molecule has 1 aromatic carbocycles. The fourth-order valence-electron chi connectivity index (χ4n) is 2.82. The van der Waals surface area contributed by atoms with Gasteiger partial charge in [0.1, 0.15) is 5.82 Å². The quantitative estimate of drug-likeness (QED) is 0.910. The van der Waals surface area contributed by atoms with Crippen LogP contribution in [0.5, 0.6) is 0 Å². The van der Waals surface area contributed by atoms with Crippen LogP contribution in [0.1, 0.15) is 25.3 Å². The first-order chi connectivity index (χ1) is 9.40. The van der Waals surface area contributed by atoms with Gasteiger partial charge in [-0.1, -0.05) is 31.2 Å². The highest BCUT2D eigenvalue weighted by Gasteiger charge is 2.16. The molecule has 3 heteroatoms. The van der Waals surface area contributed by atoms with Crippen molar-refractivity contribution in [1.29, 1.82) is 0 Å². The summed E-state index contributed by atoms with van der Waals surface area (Å²) in [5.74, 6) is 1.16. The van der Waals surface area contributed by atoms with E-state index >= 15 is 0 Å². The highest BCUT2D eigenvalue weighted by atomic mass is 15.2. The van der Waals surface area contributed by atoms with Crippen LogP contribution in [0.4, 0.5) is 5.82 Å². The molecule has 1 aliphatic heterocycles. The maximum absolute atomic E-state index is 4.73. The molecule has 0 saturated carbocycles. The maximum atomic E-state index is 4.73. The molecule has 1 saturated heterocycles. The predicted octanol–water partition coefficient (Wildman–Crippen LogP) is 2.94. The molecular weight excluding hydrogens is 234 g/mol. The van der Waals surface area contributed by atoms with Crippen LogP contribution >= 0.6 is 0 Å². The van der Waals surface area contributed by atoms with Crippen molar-refractivity contribution >= 4 is 16.6 Å². The Morgan fingerprint density at radius 3 is 2.63 bits per heavy atom. The highest BCUT2D eigenvalue weighted by Crippen LogP contribution is 2.29. The molecule has 19 heavy (non-hydrogen) atoms. The first kappa shape index (κ1) is 12.4. The monoisotopic (exact) mass is 255 g/mol. The van der Waals surface area contributed by atoms with E-state index in [9.17, 15) is 0 Å².